The Morgan fingerprint density at radius 3 is 2.62 bits per heavy atom. The standard InChI is InChI=1S/C11H12O4S/c1-15-9(12)8-7(3-6-16-8)11(10(13)14)4-2-5-11/h3,6H,2,4-5H2,1H3,(H,13,14). The normalized spacial score (nSPS) is 17.6. The van der Waals surface area contributed by atoms with Crippen LogP contribution in [0.5, 0.6) is 0 Å². The van der Waals surface area contributed by atoms with E-state index in [1.165, 1.54) is 18.4 Å². The molecular formula is C11H12O4S. The van der Waals surface area contributed by atoms with Gasteiger partial charge in [-0.3, -0.25) is 4.79 Å². The number of carbonyl (C=O) groups is 2. The van der Waals surface area contributed by atoms with Gasteiger partial charge in [-0.2, -0.15) is 0 Å². The second kappa shape index (κ2) is 3.90. The maximum atomic E-state index is 11.5. The van der Waals surface area contributed by atoms with E-state index < -0.39 is 17.4 Å². The fraction of sp³-hybridized carbons (Fsp3) is 0.455. The van der Waals surface area contributed by atoms with E-state index in [1.807, 2.05) is 0 Å². The number of rotatable bonds is 3. The van der Waals surface area contributed by atoms with E-state index in [-0.39, 0.29) is 0 Å². The molecule has 1 fully saturated rings. The van der Waals surface area contributed by atoms with Crippen molar-refractivity contribution in [3.05, 3.63) is 21.9 Å². The lowest BCUT2D eigenvalue weighted by Crippen LogP contribution is -2.43. The Hall–Kier alpha value is -1.36. The van der Waals surface area contributed by atoms with E-state index in [1.54, 1.807) is 11.4 Å². The van der Waals surface area contributed by atoms with Crippen LogP contribution < -0.4 is 0 Å². The van der Waals surface area contributed by atoms with Crippen molar-refractivity contribution < 1.29 is 19.4 Å². The molecule has 1 saturated carbocycles. The highest BCUT2D eigenvalue weighted by atomic mass is 32.1. The molecule has 1 heterocycles. The quantitative estimate of drug-likeness (QED) is 0.821. The summed E-state index contributed by atoms with van der Waals surface area (Å²) in [6.07, 6.45) is 2.09. The Labute approximate surface area is 96.9 Å². The largest absolute Gasteiger partial charge is 0.481 e. The first-order valence-corrected chi connectivity index (χ1v) is 5.89. The van der Waals surface area contributed by atoms with E-state index in [4.69, 9.17) is 0 Å². The van der Waals surface area contributed by atoms with Crippen LogP contribution in [0.2, 0.25) is 0 Å². The van der Waals surface area contributed by atoms with E-state index in [0.29, 0.717) is 23.3 Å². The molecule has 1 aromatic rings. The van der Waals surface area contributed by atoms with Crippen molar-refractivity contribution in [1.82, 2.24) is 0 Å². The molecule has 0 saturated heterocycles. The molecule has 0 aliphatic heterocycles. The summed E-state index contributed by atoms with van der Waals surface area (Å²) in [7, 11) is 1.31. The molecule has 2 rings (SSSR count). The smallest absolute Gasteiger partial charge is 0.348 e. The van der Waals surface area contributed by atoms with Gasteiger partial charge in [0.2, 0.25) is 0 Å². The number of esters is 1. The topological polar surface area (TPSA) is 63.6 Å². The van der Waals surface area contributed by atoms with E-state index >= 15 is 0 Å². The zero-order valence-corrected chi connectivity index (χ0v) is 9.67. The molecule has 86 valence electrons. The number of hydrogen-bond acceptors (Lipinski definition) is 4. The summed E-state index contributed by atoms with van der Waals surface area (Å²) in [6.45, 7) is 0. The van der Waals surface area contributed by atoms with Gasteiger partial charge in [0.25, 0.3) is 0 Å². The molecule has 1 aliphatic rings. The molecule has 4 nitrogen and oxygen atoms in total. The van der Waals surface area contributed by atoms with E-state index in [2.05, 4.69) is 4.74 Å². The second-order valence-electron chi connectivity index (χ2n) is 3.90. The molecule has 1 aromatic heterocycles. The summed E-state index contributed by atoms with van der Waals surface area (Å²) in [4.78, 5) is 23.2. The molecule has 0 unspecified atom stereocenters. The fourth-order valence-corrected chi connectivity index (χ4v) is 2.98. The van der Waals surface area contributed by atoms with Gasteiger partial charge >= 0.3 is 11.9 Å². The summed E-state index contributed by atoms with van der Waals surface area (Å²) in [5.41, 5.74) is -0.244. The highest BCUT2D eigenvalue weighted by Crippen LogP contribution is 2.46. The van der Waals surface area contributed by atoms with Crippen LogP contribution in [0.15, 0.2) is 11.4 Å². The third-order valence-electron chi connectivity index (χ3n) is 3.17. The zero-order valence-electron chi connectivity index (χ0n) is 8.86. The van der Waals surface area contributed by atoms with Gasteiger partial charge in [-0.25, -0.2) is 4.79 Å². The van der Waals surface area contributed by atoms with Crippen molar-refractivity contribution in [2.45, 2.75) is 24.7 Å². The number of methoxy groups -OCH3 is 1. The maximum absolute atomic E-state index is 11.5. The molecule has 0 radical (unpaired) electrons. The average molecular weight is 240 g/mol. The summed E-state index contributed by atoms with van der Waals surface area (Å²) < 4.78 is 4.66. The Bertz CT molecular complexity index is 431. The Kier molecular flexibility index (Phi) is 2.71. The molecule has 1 N–H and O–H groups in total. The lowest BCUT2D eigenvalue weighted by atomic mass is 9.64. The molecule has 0 amide bonds. The number of hydrogen-bond donors (Lipinski definition) is 1. The first-order valence-electron chi connectivity index (χ1n) is 5.01. The first-order chi connectivity index (χ1) is 7.62. The van der Waals surface area contributed by atoms with Crippen molar-refractivity contribution >= 4 is 23.3 Å². The van der Waals surface area contributed by atoms with Crippen molar-refractivity contribution in [2.24, 2.45) is 0 Å². The monoisotopic (exact) mass is 240 g/mol. The van der Waals surface area contributed by atoms with Gasteiger partial charge in [-0.15, -0.1) is 11.3 Å². The molecule has 16 heavy (non-hydrogen) atoms. The van der Waals surface area contributed by atoms with Gasteiger partial charge < -0.3 is 9.84 Å². The van der Waals surface area contributed by atoms with Crippen LogP contribution in [-0.4, -0.2) is 24.2 Å². The van der Waals surface area contributed by atoms with Crippen molar-refractivity contribution in [2.75, 3.05) is 7.11 Å². The van der Waals surface area contributed by atoms with Crippen LogP contribution in [0, 0.1) is 0 Å². The predicted molar refractivity (Wildman–Crippen MR) is 58.8 cm³/mol. The third-order valence-corrected chi connectivity index (χ3v) is 4.06. The number of ether oxygens (including phenoxy) is 1. The molecule has 0 aromatic carbocycles. The highest BCUT2D eigenvalue weighted by molar-refractivity contribution is 7.12. The molecular weight excluding hydrogens is 228 g/mol. The van der Waals surface area contributed by atoms with Crippen LogP contribution in [0.25, 0.3) is 0 Å². The van der Waals surface area contributed by atoms with Crippen LogP contribution in [0.4, 0.5) is 0 Å². The molecule has 0 bridgehead atoms. The van der Waals surface area contributed by atoms with Crippen LogP contribution in [-0.2, 0) is 14.9 Å². The SMILES string of the molecule is COC(=O)c1sccc1C1(C(=O)O)CCC1. The minimum absolute atomic E-state index is 0.421. The minimum atomic E-state index is -0.858. The van der Waals surface area contributed by atoms with Crippen LogP contribution >= 0.6 is 11.3 Å². The fourth-order valence-electron chi connectivity index (χ4n) is 2.07. The Morgan fingerprint density at radius 1 is 1.50 bits per heavy atom. The number of carboxylic acid groups (broad SMARTS) is 1. The molecule has 0 spiro atoms. The molecule has 0 atom stereocenters. The van der Waals surface area contributed by atoms with Crippen molar-refractivity contribution in [3.63, 3.8) is 0 Å². The predicted octanol–water partition coefficient (Wildman–Crippen LogP) is 2.04. The minimum Gasteiger partial charge on any atom is -0.481 e. The van der Waals surface area contributed by atoms with Gasteiger partial charge in [-0.05, 0) is 29.9 Å². The van der Waals surface area contributed by atoms with Crippen molar-refractivity contribution in [3.8, 4) is 0 Å². The molecule has 1 aliphatic carbocycles. The Balaban J connectivity index is 2.44. The summed E-state index contributed by atoms with van der Waals surface area (Å²) in [6, 6.07) is 1.73. The van der Waals surface area contributed by atoms with Crippen LogP contribution in [0.3, 0.4) is 0 Å². The lowest BCUT2D eigenvalue weighted by Gasteiger charge is -2.37. The van der Waals surface area contributed by atoms with Gasteiger partial charge in [0.15, 0.2) is 0 Å². The summed E-state index contributed by atoms with van der Waals surface area (Å²) in [5.74, 6) is -1.29. The number of carboxylic acids is 1. The zero-order chi connectivity index (χ0) is 11.8. The second-order valence-corrected chi connectivity index (χ2v) is 4.81. The van der Waals surface area contributed by atoms with E-state index in [0.717, 1.165) is 6.42 Å². The maximum Gasteiger partial charge on any atom is 0.348 e. The van der Waals surface area contributed by atoms with Gasteiger partial charge in [0.05, 0.1) is 12.5 Å². The van der Waals surface area contributed by atoms with Gasteiger partial charge in [0.1, 0.15) is 4.88 Å². The Morgan fingerprint density at radius 2 is 2.19 bits per heavy atom. The number of thiophene rings is 1. The van der Waals surface area contributed by atoms with Crippen LogP contribution in [0.1, 0.15) is 34.5 Å². The number of carbonyl (C=O) groups excluding carboxylic acids is 1. The lowest BCUT2D eigenvalue weighted by molar-refractivity contribution is -0.147. The van der Waals surface area contributed by atoms with E-state index in [9.17, 15) is 14.7 Å². The summed E-state index contributed by atoms with van der Waals surface area (Å²) in [5, 5.41) is 11.0. The highest BCUT2D eigenvalue weighted by Gasteiger charge is 2.48. The van der Waals surface area contributed by atoms with Gasteiger partial charge in [0, 0.05) is 0 Å². The summed E-state index contributed by atoms with van der Waals surface area (Å²) >= 11 is 1.24. The molecule has 5 heteroatoms. The van der Waals surface area contributed by atoms with Gasteiger partial charge in [-0.1, -0.05) is 6.42 Å². The first kappa shape index (κ1) is 11.1. The third kappa shape index (κ3) is 1.43. The number of aliphatic carboxylic acids is 1. The average Bonchev–Trinajstić information content (AvgIpc) is 2.63. The van der Waals surface area contributed by atoms with Crippen molar-refractivity contribution in [1.29, 1.82) is 0 Å².